The number of halogens is 1. The number of nitrogens with zero attached hydrogens (tertiary/aromatic N) is 1. The molecule has 0 saturated carbocycles. The number of benzene rings is 1. The van der Waals surface area contributed by atoms with Gasteiger partial charge in [-0.2, -0.15) is 0 Å². The number of hydrogen-bond acceptors (Lipinski definition) is 3. The minimum Gasteiger partial charge on any atom is -0.340 e. The summed E-state index contributed by atoms with van der Waals surface area (Å²) < 4.78 is 1.25. The molecule has 0 saturated heterocycles. The first-order valence-electron chi connectivity index (χ1n) is 5.55. The second-order valence-electron chi connectivity index (χ2n) is 4.24. The predicted octanol–water partition coefficient (Wildman–Crippen LogP) is 2.63. The summed E-state index contributed by atoms with van der Waals surface area (Å²) >= 11 is 1.71. The van der Waals surface area contributed by atoms with Crippen LogP contribution in [0.3, 0.4) is 0 Å². The lowest BCUT2D eigenvalue weighted by molar-refractivity contribution is -0.131. The molecular weight excluding hydrogens is 268 g/mol. The molecule has 5 heteroatoms. The Morgan fingerprint density at radius 1 is 1.44 bits per heavy atom. The summed E-state index contributed by atoms with van der Waals surface area (Å²) in [5.74, 6) is -0.0275. The molecule has 0 unspecified atom stereocenters. The number of carbonyl (C=O) groups is 1. The number of likely N-dealkylation sites (N-methyl/N-ethyl adjacent to an activating group) is 1. The average molecular weight is 285 g/mol. The van der Waals surface area contributed by atoms with E-state index < -0.39 is 6.04 Å². The van der Waals surface area contributed by atoms with E-state index >= 15 is 0 Å². The first-order chi connectivity index (χ1) is 8.09. The smallest absolute Gasteiger partial charge is 0.239 e. The third-order valence-corrected chi connectivity index (χ3v) is 3.75. The molecular formula is C13H17ClN2OS. The average Bonchev–Trinajstić information content (AvgIpc) is 2.71. The molecule has 0 spiro atoms. The highest BCUT2D eigenvalue weighted by atomic mass is 35.5. The molecule has 0 aliphatic rings. The topological polar surface area (TPSA) is 46.3 Å². The summed E-state index contributed by atoms with van der Waals surface area (Å²) in [5, 5.41) is 3.33. The molecule has 3 nitrogen and oxygen atoms in total. The Bertz CT molecular complexity index is 539. The molecule has 2 N–H and O–H groups in total. The Labute approximate surface area is 117 Å². The van der Waals surface area contributed by atoms with Gasteiger partial charge < -0.3 is 10.6 Å². The number of thiophene rings is 1. The highest BCUT2D eigenvalue weighted by Crippen LogP contribution is 2.26. The SMILES string of the molecule is C[C@@H](N)C(=O)N(C)Cc1csc2ccccc12.Cl. The van der Waals surface area contributed by atoms with Crippen LogP contribution in [0.2, 0.25) is 0 Å². The van der Waals surface area contributed by atoms with Gasteiger partial charge in [0.25, 0.3) is 0 Å². The van der Waals surface area contributed by atoms with Crippen molar-refractivity contribution in [3.63, 3.8) is 0 Å². The second-order valence-corrected chi connectivity index (χ2v) is 5.15. The van der Waals surface area contributed by atoms with Crippen molar-refractivity contribution in [1.29, 1.82) is 0 Å². The van der Waals surface area contributed by atoms with Crippen LogP contribution in [0.25, 0.3) is 10.1 Å². The summed E-state index contributed by atoms with van der Waals surface area (Å²) in [4.78, 5) is 13.4. The largest absolute Gasteiger partial charge is 0.340 e. The van der Waals surface area contributed by atoms with E-state index in [-0.39, 0.29) is 18.3 Å². The molecule has 0 fully saturated rings. The summed E-state index contributed by atoms with van der Waals surface area (Å²) in [7, 11) is 1.79. The zero-order valence-corrected chi connectivity index (χ0v) is 12.1. The standard InChI is InChI=1S/C13H16N2OS.ClH/c1-9(14)13(16)15(2)7-10-8-17-12-6-4-3-5-11(10)12;/h3-6,8-9H,7,14H2,1-2H3;1H/t9-;/m1./s1. The Balaban J connectivity index is 0.00000162. The maximum Gasteiger partial charge on any atom is 0.239 e. The zero-order valence-electron chi connectivity index (χ0n) is 10.4. The van der Waals surface area contributed by atoms with Crippen LogP contribution in [-0.4, -0.2) is 23.9 Å². The highest BCUT2D eigenvalue weighted by molar-refractivity contribution is 7.17. The van der Waals surface area contributed by atoms with Crippen molar-refractivity contribution in [2.24, 2.45) is 5.73 Å². The number of amides is 1. The van der Waals surface area contributed by atoms with Crippen molar-refractivity contribution < 1.29 is 4.79 Å². The zero-order chi connectivity index (χ0) is 12.4. The van der Waals surface area contributed by atoms with E-state index in [1.165, 1.54) is 15.6 Å². The van der Waals surface area contributed by atoms with Crippen LogP contribution in [0.15, 0.2) is 29.6 Å². The fourth-order valence-electron chi connectivity index (χ4n) is 1.84. The van der Waals surface area contributed by atoms with E-state index in [1.54, 1.807) is 30.2 Å². The number of carbonyl (C=O) groups excluding carboxylic acids is 1. The lowest BCUT2D eigenvalue weighted by Crippen LogP contribution is -2.39. The number of hydrogen-bond donors (Lipinski definition) is 1. The van der Waals surface area contributed by atoms with Crippen LogP contribution >= 0.6 is 23.7 Å². The number of rotatable bonds is 3. The van der Waals surface area contributed by atoms with Gasteiger partial charge in [-0.15, -0.1) is 23.7 Å². The van der Waals surface area contributed by atoms with E-state index in [4.69, 9.17) is 5.73 Å². The number of nitrogens with two attached hydrogens (primary N) is 1. The highest BCUT2D eigenvalue weighted by Gasteiger charge is 2.14. The van der Waals surface area contributed by atoms with E-state index in [2.05, 4.69) is 17.5 Å². The lowest BCUT2D eigenvalue weighted by Gasteiger charge is -2.18. The minimum absolute atomic E-state index is 0. The summed E-state index contributed by atoms with van der Waals surface area (Å²) in [5.41, 5.74) is 6.77. The molecule has 2 rings (SSSR count). The molecule has 0 radical (unpaired) electrons. The van der Waals surface area contributed by atoms with Gasteiger partial charge in [-0.25, -0.2) is 0 Å². The normalized spacial score (nSPS) is 11.9. The van der Waals surface area contributed by atoms with Crippen LogP contribution in [0, 0.1) is 0 Å². The Morgan fingerprint density at radius 2 is 2.11 bits per heavy atom. The van der Waals surface area contributed by atoms with Gasteiger partial charge in [-0.05, 0) is 29.3 Å². The van der Waals surface area contributed by atoms with Crippen LogP contribution in [0.5, 0.6) is 0 Å². The van der Waals surface area contributed by atoms with Gasteiger partial charge >= 0.3 is 0 Å². The molecule has 1 aromatic heterocycles. The third-order valence-electron chi connectivity index (χ3n) is 2.73. The van der Waals surface area contributed by atoms with Crippen LogP contribution < -0.4 is 5.73 Å². The minimum atomic E-state index is -0.440. The lowest BCUT2D eigenvalue weighted by atomic mass is 10.1. The molecule has 1 amide bonds. The van der Waals surface area contributed by atoms with Crippen LogP contribution in [0.4, 0.5) is 0 Å². The van der Waals surface area contributed by atoms with E-state index in [1.807, 2.05) is 12.1 Å². The molecule has 2 aromatic rings. The van der Waals surface area contributed by atoms with Gasteiger partial charge in [-0.3, -0.25) is 4.79 Å². The maximum absolute atomic E-state index is 11.7. The molecule has 0 aliphatic heterocycles. The van der Waals surface area contributed by atoms with Crippen molar-refractivity contribution in [2.75, 3.05) is 7.05 Å². The van der Waals surface area contributed by atoms with E-state index in [0.717, 1.165) is 0 Å². The Morgan fingerprint density at radius 3 is 2.78 bits per heavy atom. The summed E-state index contributed by atoms with van der Waals surface area (Å²) in [6.45, 7) is 2.33. The molecule has 0 bridgehead atoms. The van der Waals surface area contributed by atoms with Crippen molar-refractivity contribution >= 4 is 39.7 Å². The van der Waals surface area contributed by atoms with Gasteiger partial charge in [0.1, 0.15) is 0 Å². The summed E-state index contributed by atoms with van der Waals surface area (Å²) in [6, 6.07) is 7.79. The molecule has 0 aliphatic carbocycles. The van der Waals surface area contributed by atoms with Gasteiger partial charge in [0.2, 0.25) is 5.91 Å². The first-order valence-corrected chi connectivity index (χ1v) is 6.43. The maximum atomic E-state index is 11.7. The second kappa shape index (κ2) is 6.18. The quantitative estimate of drug-likeness (QED) is 0.942. The van der Waals surface area contributed by atoms with Crippen molar-refractivity contribution in [3.05, 3.63) is 35.2 Å². The predicted molar refractivity (Wildman–Crippen MR) is 79.2 cm³/mol. The fraction of sp³-hybridized carbons (Fsp3) is 0.308. The van der Waals surface area contributed by atoms with Gasteiger partial charge in [0.15, 0.2) is 0 Å². The first kappa shape index (κ1) is 15.0. The van der Waals surface area contributed by atoms with Crippen LogP contribution in [-0.2, 0) is 11.3 Å². The molecule has 1 heterocycles. The van der Waals surface area contributed by atoms with Gasteiger partial charge in [0, 0.05) is 18.3 Å². The van der Waals surface area contributed by atoms with Gasteiger partial charge in [-0.1, -0.05) is 18.2 Å². The van der Waals surface area contributed by atoms with Gasteiger partial charge in [0.05, 0.1) is 6.04 Å². The fourth-order valence-corrected chi connectivity index (χ4v) is 2.79. The molecule has 1 atom stereocenters. The van der Waals surface area contributed by atoms with Crippen LogP contribution in [0.1, 0.15) is 12.5 Å². The number of fused-ring (bicyclic) bond motifs is 1. The summed E-state index contributed by atoms with van der Waals surface area (Å²) in [6.07, 6.45) is 0. The van der Waals surface area contributed by atoms with Crippen molar-refractivity contribution in [1.82, 2.24) is 4.90 Å². The Kier molecular flexibility index (Phi) is 5.14. The molecule has 98 valence electrons. The Hall–Kier alpha value is -1.10. The third kappa shape index (κ3) is 3.02. The van der Waals surface area contributed by atoms with E-state index in [0.29, 0.717) is 6.54 Å². The molecule has 1 aromatic carbocycles. The van der Waals surface area contributed by atoms with Crippen molar-refractivity contribution in [3.8, 4) is 0 Å². The molecule has 18 heavy (non-hydrogen) atoms. The van der Waals surface area contributed by atoms with Crippen molar-refractivity contribution in [2.45, 2.75) is 19.5 Å². The monoisotopic (exact) mass is 284 g/mol. The van der Waals surface area contributed by atoms with E-state index in [9.17, 15) is 4.79 Å².